The number of methoxy groups -OCH3 is 1. The predicted octanol–water partition coefficient (Wildman–Crippen LogP) is 3.63. The van der Waals surface area contributed by atoms with E-state index in [1.807, 2.05) is 50.6 Å². The SMILES string of the molecule is COc1ccccc1C(=O)NC(C(=O)NCc1cccc(Cn2nc(C)cc2C)c1)C(C)C. The molecule has 0 bridgehead atoms. The number of carbonyl (C=O) groups excluding carboxylic acids is 2. The summed E-state index contributed by atoms with van der Waals surface area (Å²) >= 11 is 0. The molecule has 1 unspecified atom stereocenters. The molecule has 7 nitrogen and oxygen atoms in total. The van der Waals surface area contributed by atoms with Gasteiger partial charge in [-0.15, -0.1) is 0 Å². The largest absolute Gasteiger partial charge is 0.496 e. The van der Waals surface area contributed by atoms with Crippen LogP contribution in [-0.2, 0) is 17.9 Å². The lowest BCUT2D eigenvalue weighted by atomic mass is 10.0. The van der Waals surface area contributed by atoms with Crippen LogP contribution in [0.3, 0.4) is 0 Å². The first-order valence-corrected chi connectivity index (χ1v) is 11.1. The third-order valence-corrected chi connectivity index (χ3v) is 5.48. The van der Waals surface area contributed by atoms with Gasteiger partial charge in [0.1, 0.15) is 11.8 Å². The Labute approximate surface area is 195 Å². The number of rotatable bonds is 9. The quantitative estimate of drug-likeness (QED) is 0.524. The summed E-state index contributed by atoms with van der Waals surface area (Å²) in [5, 5.41) is 10.3. The third kappa shape index (κ3) is 6.22. The van der Waals surface area contributed by atoms with Gasteiger partial charge in [0.15, 0.2) is 0 Å². The number of aryl methyl sites for hydroxylation is 2. The minimum absolute atomic E-state index is 0.0824. The molecule has 2 amide bonds. The summed E-state index contributed by atoms with van der Waals surface area (Å²) in [5.74, 6) is -0.177. The number of amides is 2. The lowest BCUT2D eigenvalue weighted by molar-refractivity contribution is -0.124. The number of para-hydroxylation sites is 1. The van der Waals surface area contributed by atoms with Crippen LogP contribution in [0.5, 0.6) is 5.75 Å². The van der Waals surface area contributed by atoms with Crippen molar-refractivity contribution in [2.45, 2.75) is 46.8 Å². The molecule has 0 aliphatic carbocycles. The zero-order chi connectivity index (χ0) is 24.0. The molecule has 0 radical (unpaired) electrons. The summed E-state index contributed by atoms with van der Waals surface area (Å²) in [5.41, 5.74) is 4.59. The lowest BCUT2D eigenvalue weighted by Crippen LogP contribution is -2.49. The van der Waals surface area contributed by atoms with Crippen LogP contribution >= 0.6 is 0 Å². The van der Waals surface area contributed by atoms with Gasteiger partial charge in [0.05, 0.1) is 24.9 Å². The molecule has 0 spiro atoms. The molecule has 0 saturated heterocycles. The highest BCUT2D eigenvalue weighted by molar-refractivity contribution is 5.99. The van der Waals surface area contributed by atoms with Crippen molar-refractivity contribution >= 4 is 11.8 Å². The van der Waals surface area contributed by atoms with Gasteiger partial charge in [-0.05, 0) is 49.1 Å². The predicted molar refractivity (Wildman–Crippen MR) is 128 cm³/mol. The zero-order valence-electron chi connectivity index (χ0n) is 19.9. The van der Waals surface area contributed by atoms with Crippen LogP contribution in [0.15, 0.2) is 54.6 Å². The second-order valence-electron chi connectivity index (χ2n) is 8.52. The summed E-state index contributed by atoms with van der Waals surface area (Å²) in [6.07, 6.45) is 0. The molecule has 3 aromatic rings. The fraction of sp³-hybridized carbons (Fsp3) is 0.346. The maximum Gasteiger partial charge on any atom is 0.255 e. The normalized spacial score (nSPS) is 11.8. The number of nitrogens with zero attached hydrogens (tertiary/aromatic N) is 2. The number of ether oxygens (including phenoxy) is 1. The monoisotopic (exact) mass is 448 g/mol. The highest BCUT2D eigenvalue weighted by Crippen LogP contribution is 2.18. The molecule has 0 fully saturated rings. The van der Waals surface area contributed by atoms with Gasteiger partial charge in [-0.1, -0.05) is 50.2 Å². The first-order valence-electron chi connectivity index (χ1n) is 11.1. The summed E-state index contributed by atoms with van der Waals surface area (Å²) in [7, 11) is 1.52. The van der Waals surface area contributed by atoms with Crippen LogP contribution in [-0.4, -0.2) is 34.7 Å². The molecule has 0 aliphatic rings. The number of carbonyl (C=O) groups is 2. The van der Waals surface area contributed by atoms with Crippen LogP contribution < -0.4 is 15.4 Å². The van der Waals surface area contributed by atoms with Crippen molar-refractivity contribution in [2.75, 3.05) is 7.11 Å². The Bertz CT molecular complexity index is 1120. The van der Waals surface area contributed by atoms with E-state index in [4.69, 9.17) is 4.74 Å². The maximum atomic E-state index is 12.9. The van der Waals surface area contributed by atoms with Crippen LogP contribution in [0, 0.1) is 19.8 Å². The Morgan fingerprint density at radius 3 is 2.42 bits per heavy atom. The minimum atomic E-state index is -0.666. The molecule has 174 valence electrons. The van der Waals surface area contributed by atoms with Gasteiger partial charge >= 0.3 is 0 Å². The van der Waals surface area contributed by atoms with Gasteiger partial charge in [0, 0.05) is 12.2 Å². The number of hydrogen-bond acceptors (Lipinski definition) is 4. The van der Waals surface area contributed by atoms with Crippen LogP contribution in [0.4, 0.5) is 0 Å². The topological polar surface area (TPSA) is 85.2 Å². The molecule has 2 N–H and O–H groups in total. The highest BCUT2D eigenvalue weighted by atomic mass is 16.5. The Morgan fingerprint density at radius 2 is 1.76 bits per heavy atom. The first-order chi connectivity index (χ1) is 15.8. The molecule has 1 atom stereocenters. The fourth-order valence-electron chi connectivity index (χ4n) is 3.73. The molecule has 1 aromatic heterocycles. The van der Waals surface area contributed by atoms with E-state index >= 15 is 0 Å². The van der Waals surface area contributed by atoms with Crippen LogP contribution in [0.25, 0.3) is 0 Å². The molecule has 0 saturated carbocycles. The molecule has 2 aromatic carbocycles. The van der Waals surface area contributed by atoms with Crippen molar-refractivity contribution in [2.24, 2.45) is 5.92 Å². The van der Waals surface area contributed by atoms with E-state index in [0.717, 1.165) is 22.5 Å². The average molecular weight is 449 g/mol. The lowest BCUT2D eigenvalue weighted by Gasteiger charge is -2.22. The van der Waals surface area contributed by atoms with Gasteiger partial charge < -0.3 is 15.4 Å². The smallest absolute Gasteiger partial charge is 0.255 e. The molecule has 0 aliphatic heterocycles. The standard InChI is InChI=1S/C26H32N4O3/c1-17(2)24(28-25(31)22-11-6-7-12-23(22)33-5)26(32)27-15-20-9-8-10-21(14-20)16-30-19(4)13-18(3)29-30/h6-14,17,24H,15-16H2,1-5H3,(H,27,32)(H,28,31). The van der Waals surface area contributed by atoms with Gasteiger partial charge in [-0.2, -0.15) is 5.10 Å². The summed E-state index contributed by atoms with van der Waals surface area (Å²) < 4.78 is 7.24. The van der Waals surface area contributed by atoms with E-state index < -0.39 is 6.04 Å². The van der Waals surface area contributed by atoms with Crippen molar-refractivity contribution < 1.29 is 14.3 Å². The Balaban J connectivity index is 1.64. The molecule has 7 heteroatoms. The Kier molecular flexibility index (Phi) is 7.87. The van der Waals surface area contributed by atoms with Crippen molar-refractivity contribution in [3.63, 3.8) is 0 Å². The van der Waals surface area contributed by atoms with Gasteiger partial charge in [-0.3, -0.25) is 14.3 Å². The first kappa shape index (κ1) is 24.0. The molecule has 3 rings (SSSR count). The minimum Gasteiger partial charge on any atom is -0.496 e. The average Bonchev–Trinajstić information content (AvgIpc) is 3.11. The Hall–Kier alpha value is -3.61. The van der Waals surface area contributed by atoms with Crippen molar-refractivity contribution in [3.05, 3.63) is 82.7 Å². The highest BCUT2D eigenvalue weighted by Gasteiger charge is 2.25. The summed E-state index contributed by atoms with van der Waals surface area (Å²) in [6.45, 7) is 8.87. The number of nitrogens with one attached hydrogen (secondary N) is 2. The van der Waals surface area contributed by atoms with E-state index in [1.165, 1.54) is 7.11 Å². The van der Waals surface area contributed by atoms with E-state index in [9.17, 15) is 9.59 Å². The van der Waals surface area contributed by atoms with Gasteiger partial charge in [-0.25, -0.2) is 0 Å². The van der Waals surface area contributed by atoms with Crippen LogP contribution in [0.1, 0.15) is 46.7 Å². The maximum absolute atomic E-state index is 12.9. The van der Waals surface area contributed by atoms with Crippen molar-refractivity contribution in [3.8, 4) is 5.75 Å². The van der Waals surface area contributed by atoms with E-state index in [1.54, 1.807) is 24.3 Å². The van der Waals surface area contributed by atoms with E-state index in [0.29, 0.717) is 24.4 Å². The number of aromatic nitrogens is 2. The summed E-state index contributed by atoms with van der Waals surface area (Å²) in [6, 6.07) is 16.4. The second-order valence-corrected chi connectivity index (χ2v) is 8.52. The second kappa shape index (κ2) is 10.8. The zero-order valence-corrected chi connectivity index (χ0v) is 19.9. The van der Waals surface area contributed by atoms with Crippen LogP contribution in [0.2, 0.25) is 0 Å². The third-order valence-electron chi connectivity index (χ3n) is 5.48. The van der Waals surface area contributed by atoms with Gasteiger partial charge in [0.2, 0.25) is 5.91 Å². The molecular formula is C26H32N4O3. The molecule has 33 heavy (non-hydrogen) atoms. The van der Waals surface area contributed by atoms with E-state index in [-0.39, 0.29) is 17.7 Å². The van der Waals surface area contributed by atoms with Crippen molar-refractivity contribution in [1.29, 1.82) is 0 Å². The molecular weight excluding hydrogens is 416 g/mol. The van der Waals surface area contributed by atoms with Crippen molar-refractivity contribution in [1.82, 2.24) is 20.4 Å². The fourth-order valence-corrected chi connectivity index (χ4v) is 3.73. The summed E-state index contributed by atoms with van der Waals surface area (Å²) in [4.78, 5) is 25.7. The Morgan fingerprint density at radius 1 is 1.03 bits per heavy atom. The molecule has 1 heterocycles. The number of hydrogen-bond donors (Lipinski definition) is 2. The van der Waals surface area contributed by atoms with Gasteiger partial charge in [0.25, 0.3) is 5.91 Å². The number of benzene rings is 2. The van der Waals surface area contributed by atoms with E-state index in [2.05, 4.69) is 27.9 Å².